The van der Waals surface area contributed by atoms with Crippen LogP contribution in [0.2, 0.25) is 0 Å². The normalized spacial score (nSPS) is 16.7. The highest BCUT2D eigenvalue weighted by Crippen LogP contribution is 2.20. The van der Waals surface area contributed by atoms with Crippen molar-refractivity contribution in [2.24, 2.45) is 5.92 Å². The van der Waals surface area contributed by atoms with E-state index < -0.39 is 0 Å². The first-order valence-electron chi connectivity index (χ1n) is 6.57. The molecule has 0 unspecified atom stereocenters. The average Bonchev–Trinajstić information content (AvgIpc) is 3.12. The minimum Gasteiger partial charge on any atom is -0.339 e. The van der Waals surface area contributed by atoms with Crippen molar-refractivity contribution in [1.82, 2.24) is 24.6 Å². The topological polar surface area (TPSA) is 66.8 Å². The summed E-state index contributed by atoms with van der Waals surface area (Å²) in [5.41, 5.74) is 0.646. The Morgan fingerprint density at radius 3 is 2.89 bits per heavy atom. The number of H-pyrrole nitrogens is 1. The predicted octanol–water partition coefficient (Wildman–Crippen LogP) is 1.16. The van der Waals surface area contributed by atoms with Crippen molar-refractivity contribution >= 4 is 5.91 Å². The Balaban J connectivity index is 1.53. The van der Waals surface area contributed by atoms with Crippen LogP contribution in [0.3, 0.4) is 0 Å². The van der Waals surface area contributed by atoms with Gasteiger partial charge in [0.15, 0.2) is 0 Å². The smallest absolute Gasteiger partial charge is 0.257 e. The Morgan fingerprint density at radius 1 is 1.42 bits per heavy atom. The number of piperidine rings is 1. The Hall–Kier alpha value is -2.11. The average molecular weight is 259 g/mol. The fourth-order valence-corrected chi connectivity index (χ4v) is 2.56. The number of nitrogens with zero attached hydrogens (tertiary/aromatic N) is 4. The van der Waals surface area contributed by atoms with E-state index in [1.54, 1.807) is 18.6 Å². The number of hydrogen-bond acceptors (Lipinski definition) is 3. The van der Waals surface area contributed by atoms with E-state index in [-0.39, 0.29) is 5.91 Å². The lowest BCUT2D eigenvalue weighted by atomic mass is 9.96. The van der Waals surface area contributed by atoms with Crippen LogP contribution in [-0.2, 0) is 6.54 Å². The van der Waals surface area contributed by atoms with Crippen molar-refractivity contribution < 1.29 is 4.79 Å². The maximum Gasteiger partial charge on any atom is 0.257 e. The van der Waals surface area contributed by atoms with Gasteiger partial charge in [0, 0.05) is 38.2 Å². The Morgan fingerprint density at radius 2 is 2.26 bits per heavy atom. The number of carbonyl (C=O) groups excluding carboxylic acids is 1. The summed E-state index contributed by atoms with van der Waals surface area (Å²) in [6, 6.07) is 0. The second kappa shape index (κ2) is 5.26. The summed E-state index contributed by atoms with van der Waals surface area (Å²) in [6.45, 7) is 2.64. The maximum absolute atomic E-state index is 12.1. The van der Waals surface area contributed by atoms with Crippen molar-refractivity contribution in [2.45, 2.75) is 19.4 Å². The number of carbonyl (C=O) groups is 1. The standard InChI is InChI=1S/C13H17N5O/c19-13(12-7-15-16-8-12)18-4-1-11(2-5-18)9-17-6-3-14-10-17/h3,6-8,10-11H,1-2,4-5,9H2,(H,15,16). The lowest BCUT2D eigenvalue weighted by Crippen LogP contribution is -2.39. The van der Waals surface area contributed by atoms with Gasteiger partial charge in [-0.2, -0.15) is 5.10 Å². The second-order valence-electron chi connectivity index (χ2n) is 4.98. The van der Waals surface area contributed by atoms with E-state index in [0.29, 0.717) is 11.5 Å². The molecule has 1 N–H and O–H groups in total. The first kappa shape index (κ1) is 12.0. The molecule has 6 heteroatoms. The number of hydrogen-bond donors (Lipinski definition) is 1. The summed E-state index contributed by atoms with van der Waals surface area (Å²) in [4.78, 5) is 18.1. The first-order valence-corrected chi connectivity index (χ1v) is 6.57. The zero-order valence-electron chi connectivity index (χ0n) is 10.7. The number of nitrogens with one attached hydrogen (secondary N) is 1. The zero-order chi connectivity index (χ0) is 13.1. The van der Waals surface area contributed by atoms with Crippen LogP contribution in [0.4, 0.5) is 0 Å². The van der Waals surface area contributed by atoms with E-state index >= 15 is 0 Å². The maximum atomic E-state index is 12.1. The molecule has 0 atom stereocenters. The van der Waals surface area contributed by atoms with Crippen molar-refractivity contribution in [1.29, 1.82) is 0 Å². The third-order valence-electron chi connectivity index (χ3n) is 3.68. The van der Waals surface area contributed by atoms with Gasteiger partial charge in [-0.25, -0.2) is 4.98 Å². The van der Waals surface area contributed by atoms with Crippen LogP contribution in [0.25, 0.3) is 0 Å². The van der Waals surface area contributed by atoms with Gasteiger partial charge in [0.05, 0.1) is 18.1 Å². The zero-order valence-corrected chi connectivity index (χ0v) is 10.7. The highest BCUT2D eigenvalue weighted by Gasteiger charge is 2.24. The minimum absolute atomic E-state index is 0.0785. The summed E-state index contributed by atoms with van der Waals surface area (Å²) in [5, 5.41) is 6.50. The molecular formula is C13H17N5O. The monoisotopic (exact) mass is 259 g/mol. The predicted molar refractivity (Wildman–Crippen MR) is 69.4 cm³/mol. The quantitative estimate of drug-likeness (QED) is 0.899. The Kier molecular flexibility index (Phi) is 3.31. The summed E-state index contributed by atoms with van der Waals surface area (Å²) in [6.07, 6.45) is 11.0. The first-order chi connectivity index (χ1) is 9.33. The van der Waals surface area contributed by atoms with Crippen LogP contribution >= 0.6 is 0 Å². The molecule has 1 aliphatic heterocycles. The highest BCUT2D eigenvalue weighted by molar-refractivity contribution is 5.93. The fourth-order valence-electron chi connectivity index (χ4n) is 2.56. The van der Waals surface area contributed by atoms with Crippen LogP contribution in [0.1, 0.15) is 23.2 Å². The van der Waals surface area contributed by atoms with E-state index in [1.807, 2.05) is 17.4 Å². The van der Waals surface area contributed by atoms with E-state index in [4.69, 9.17) is 0 Å². The number of rotatable bonds is 3. The number of aromatic nitrogens is 4. The van der Waals surface area contributed by atoms with Gasteiger partial charge in [0.25, 0.3) is 5.91 Å². The fraction of sp³-hybridized carbons (Fsp3) is 0.462. The van der Waals surface area contributed by atoms with Crippen LogP contribution in [-0.4, -0.2) is 43.6 Å². The lowest BCUT2D eigenvalue weighted by Gasteiger charge is -2.31. The van der Waals surface area contributed by atoms with E-state index in [2.05, 4.69) is 19.7 Å². The van der Waals surface area contributed by atoms with Crippen LogP contribution in [0, 0.1) is 5.92 Å². The van der Waals surface area contributed by atoms with Gasteiger partial charge in [-0.15, -0.1) is 0 Å². The van der Waals surface area contributed by atoms with Gasteiger partial charge in [-0.05, 0) is 18.8 Å². The molecule has 100 valence electrons. The van der Waals surface area contributed by atoms with Gasteiger partial charge < -0.3 is 9.47 Å². The number of imidazole rings is 1. The molecule has 19 heavy (non-hydrogen) atoms. The molecule has 0 saturated carbocycles. The van der Waals surface area contributed by atoms with E-state index in [0.717, 1.165) is 32.5 Å². The number of amides is 1. The molecule has 6 nitrogen and oxygen atoms in total. The molecule has 1 amide bonds. The summed E-state index contributed by atoms with van der Waals surface area (Å²) in [7, 11) is 0. The van der Waals surface area contributed by atoms with Gasteiger partial charge in [0.2, 0.25) is 0 Å². The Bertz CT molecular complexity index is 511. The molecule has 0 aliphatic carbocycles. The highest BCUT2D eigenvalue weighted by atomic mass is 16.2. The summed E-state index contributed by atoms with van der Waals surface area (Å²) < 4.78 is 2.11. The summed E-state index contributed by atoms with van der Waals surface area (Å²) in [5.74, 6) is 0.706. The third kappa shape index (κ3) is 2.67. The van der Waals surface area contributed by atoms with Crippen molar-refractivity contribution in [2.75, 3.05) is 13.1 Å². The van der Waals surface area contributed by atoms with Gasteiger partial charge in [-0.1, -0.05) is 0 Å². The molecule has 1 aliphatic rings. The number of likely N-dealkylation sites (tertiary alicyclic amines) is 1. The minimum atomic E-state index is 0.0785. The van der Waals surface area contributed by atoms with Gasteiger partial charge in [0.1, 0.15) is 0 Å². The van der Waals surface area contributed by atoms with Crippen LogP contribution < -0.4 is 0 Å². The molecular weight excluding hydrogens is 242 g/mol. The third-order valence-corrected chi connectivity index (χ3v) is 3.68. The summed E-state index contributed by atoms with van der Waals surface area (Å²) >= 11 is 0. The number of aromatic amines is 1. The SMILES string of the molecule is O=C(c1cn[nH]c1)N1CCC(Cn2ccnc2)CC1. The molecule has 1 fully saturated rings. The molecule has 2 aromatic heterocycles. The van der Waals surface area contributed by atoms with E-state index in [9.17, 15) is 4.79 Å². The molecule has 0 bridgehead atoms. The van der Waals surface area contributed by atoms with Gasteiger partial charge >= 0.3 is 0 Å². The molecule has 0 radical (unpaired) electrons. The molecule has 1 saturated heterocycles. The molecule has 3 heterocycles. The molecule has 3 rings (SSSR count). The van der Waals surface area contributed by atoms with Crippen LogP contribution in [0.15, 0.2) is 31.1 Å². The largest absolute Gasteiger partial charge is 0.339 e. The van der Waals surface area contributed by atoms with Crippen molar-refractivity contribution in [3.05, 3.63) is 36.7 Å². The molecule has 2 aromatic rings. The second-order valence-corrected chi connectivity index (χ2v) is 4.98. The Labute approximate surface area is 111 Å². The molecule has 0 aromatic carbocycles. The van der Waals surface area contributed by atoms with Crippen LogP contribution in [0.5, 0.6) is 0 Å². The van der Waals surface area contributed by atoms with E-state index in [1.165, 1.54) is 0 Å². The van der Waals surface area contributed by atoms with Gasteiger partial charge in [-0.3, -0.25) is 9.89 Å². The van der Waals surface area contributed by atoms with Crippen molar-refractivity contribution in [3.63, 3.8) is 0 Å². The van der Waals surface area contributed by atoms with Crippen molar-refractivity contribution in [3.8, 4) is 0 Å². The lowest BCUT2D eigenvalue weighted by molar-refractivity contribution is 0.0683. The molecule has 0 spiro atoms.